The number of thioether (sulfide) groups is 1. The molecule has 4 rings (SSSR count). The molecule has 1 aliphatic carbocycles. The predicted octanol–water partition coefficient (Wildman–Crippen LogP) is 4.79. The fourth-order valence-corrected chi connectivity index (χ4v) is 6.80. The van der Waals surface area contributed by atoms with Crippen LogP contribution in [0.1, 0.15) is 58.4 Å². The quantitative estimate of drug-likeness (QED) is 0.183. The number of ketones is 1. The number of rotatable bonds is 10. The Morgan fingerprint density at radius 2 is 2.06 bits per heavy atom. The summed E-state index contributed by atoms with van der Waals surface area (Å²) in [5.41, 5.74) is 4.10. The van der Waals surface area contributed by atoms with Crippen LogP contribution in [-0.2, 0) is 30.7 Å². The highest BCUT2D eigenvalue weighted by Gasteiger charge is 2.24. The molecule has 6 nitrogen and oxygen atoms in total. The number of hydrogen-bond donors (Lipinski definition) is 0. The van der Waals surface area contributed by atoms with Gasteiger partial charge >= 0.3 is 0 Å². The second-order valence-electron chi connectivity index (χ2n) is 8.38. The van der Waals surface area contributed by atoms with Crippen LogP contribution in [0.25, 0.3) is 10.2 Å². The first-order chi connectivity index (χ1) is 15.5. The summed E-state index contributed by atoms with van der Waals surface area (Å²) < 4.78 is 9.12. The summed E-state index contributed by atoms with van der Waals surface area (Å²) in [5, 5.41) is 1.47. The molecule has 3 aromatic heterocycles. The van der Waals surface area contributed by atoms with Gasteiger partial charge in [0.25, 0.3) is 5.56 Å². The van der Waals surface area contributed by atoms with Crippen molar-refractivity contribution in [3.8, 4) is 0 Å². The Morgan fingerprint density at radius 1 is 1.25 bits per heavy atom. The van der Waals surface area contributed by atoms with E-state index in [4.69, 9.17) is 9.72 Å². The van der Waals surface area contributed by atoms with Crippen LogP contribution in [-0.4, -0.2) is 39.4 Å². The summed E-state index contributed by atoms with van der Waals surface area (Å²) in [6, 6.07) is 1.98. The lowest BCUT2D eigenvalue weighted by molar-refractivity contribution is 0.102. The highest BCUT2D eigenvalue weighted by molar-refractivity contribution is 7.99. The Bertz CT molecular complexity index is 1210. The first-order valence-electron chi connectivity index (χ1n) is 11.3. The third-order valence-corrected chi connectivity index (χ3v) is 8.34. The number of aryl methyl sites for hydroxylation is 3. The molecule has 0 atom stereocenters. The second-order valence-corrected chi connectivity index (χ2v) is 10.4. The Morgan fingerprint density at radius 3 is 2.81 bits per heavy atom. The van der Waals surface area contributed by atoms with Crippen LogP contribution < -0.4 is 5.56 Å². The van der Waals surface area contributed by atoms with E-state index in [2.05, 4.69) is 11.5 Å². The first-order valence-corrected chi connectivity index (χ1v) is 13.1. The minimum atomic E-state index is 0.0579. The molecule has 0 amide bonds. The molecule has 0 bridgehead atoms. The zero-order chi connectivity index (χ0) is 22.8. The van der Waals surface area contributed by atoms with Crippen LogP contribution in [0.15, 0.2) is 16.0 Å². The molecule has 0 spiro atoms. The van der Waals surface area contributed by atoms with Gasteiger partial charge in [-0.05, 0) is 57.6 Å². The number of thiophene rings is 1. The number of nitrogens with zero attached hydrogens (tertiary/aromatic N) is 3. The molecule has 0 aliphatic heterocycles. The van der Waals surface area contributed by atoms with Crippen molar-refractivity contribution >= 4 is 39.1 Å². The van der Waals surface area contributed by atoms with E-state index in [1.54, 1.807) is 23.0 Å². The summed E-state index contributed by atoms with van der Waals surface area (Å²) in [5.74, 6) is 0.349. The lowest BCUT2D eigenvalue weighted by atomic mass is 10.2. The van der Waals surface area contributed by atoms with Gasteiger partial charge in [-0.25, -0.2) is 4.98 Å². The van der Waals surface area contributed by atoms with Crippen LogP contribution in [0, 0.1) is 13.8 Å². The number of carbonyl (C=O) groups excluding carboxylic acids is 1. The lowest BCUT2D eigenvalue weighted by Gasteiger charge is -2.11. The summed E-state index contributed by atoms with van der Waals surface area (Å²) >= 11 is 3.04. The van der Waals surface area contributed by atoms with E-state index in [0.717, 1.165) is 65.8 Å². The van der Waals surface area contributed by atoms with E-state index in [9.17, 15) is 9.59 Å². The van der Waals surface area contributed by atoms with E-state index in [1.807, 2.05) is 19.9 Å². The molecule has 172 valence electrons. The number of ether oxygens (including phenoxy) is 1. The molecule has 0 radical (unpaired) electrons. The van der Waals surface area contributed by atoms with E-state index in [0.29, 0.717) is 18.3 Å². The molecule has 0 saturated carbocycles. The van der Waals surface area contributed by atoms with Gasteiger partial charge in [0.2, 0.25) is 0 Å². The third kappa shape index (κ3) is 4.32. The average Bonchev–Trinajstić information content (AvgIpc) is 3.43. The van der Waals surface area contributed by atoms with Crippen molar-refractivity contribution in [2.75, 3.05) is 19.5 Å². The van der Waals surface area contributed by atoms with Gasteiger partial charge in [0.15, 0.2) is 10.9 Å². The Balaban J connectivity index is 1.58. The van der Waals surface area contributed by atoms with Gasteiger partial charge in [0, 0.05) is 48.6 Å². The van der Waals surface area contributed by atoms with E-state index in [-0.39, 0.29) is 17.1 Å². The number of fused-ring (bicyclic) bond motifs is 3. The molecule has 3 heterocycles. The SMILES string of the molecule is CCCn1c(SCC(=O)c2cc(C)n(CCCOC)c2C)nc2sc3c(c2c1=O)CCC3. The molecule has 3 aromatic rings. The molecule has 1 aliphatic rings. The van der Waals surface area contributed by atoms with E-state index >= 15 is 0 Å². The van der Waals surface area contributed by atoms with Crippen molar-refractivity contribution in [3.05, 3.63) is 43.8 Å². The highest BCUT2D eigenvalue weighted by Crippen LogP contribution is 2.35. The van der Waals surface area contributed by atoms with Crippen molar-refractivity contribution in [3.63, 3.8) is 0 Å². The molecule has 32 heavy (non-hydrogen) atoms. The van der Waals surface area contributed by atoms with Crippen LogP contribution in [0.4, 0.5) is 0 Å². The van der Waals surface area contributed by atoms with Crippen molar-refractivity contribution in [2.24, 2.45) is 0 Å². The minimum absolute atomic E-state index is 0.0579. The average molecular weight is 474 g/mol. The fraction of sp³-hybridized carbons (Fsp3) is 0.542. The lowest BCUT2D eigenvalue weighted by Crippen LogP contribution is -2.23. The van der Waals surface area contributed by atoms with Gasteiger partial charge in [0.05, 0.1) is 11.1 Å². The number of methoxy groups -OCH3 is 1. The van der Waals surface area contributed by atoms with Gasteiger partial charge < -0.3 is 9.30 Å². The monoisotopic (exact) mass is 473 g/mol. The molecule has 8 heteroatoms. The summed E-state index contributed by atoms with van der Waals surface area (Å²) in [7, 11) is 1.70. The van der Waals surface area contributed by atoms with Gasteiger partial charge in [-0.1, -0.05) is 18.7 Å². The molecule has 0 unspecified atom stereocenters. The molecule has 0 N–H and O–H groups in total. The van der Waals surface area contributed by atoms with E-state index in [1.165, 1.54) is 22.2 Å². The summed E-state index contributed by atoms with van der Waals surface area (Å²) in [6.45, 7) is 8.26. The predicted molar refractivity (Wildman–Crippen MR) is 132 cm³/mol. The minimum Gasteiger partial charge on any atom is -0.385 e. The first kappa shape index (κ1) is 23.3. The third-order valence-electron chi connectivity index (χ3n) is 6.17. The maximum absolute atomic E-state index is 13.3. The van der Waals surface area contributed by atoms with Crippen LogP contribution in [0.3, 0.4) is 0 Å². The normalized spacial score (nSPS) is 13.2. The summed E-state index contributed by atoms with van der Waals surface area (Å²) in [6.07, 6.45) is 4.91. The highest BCUT2D eigenvalue weighted by atomic mass is 32.2. The Hall–Kier alpha value is -1.90. The smallest absolute Gasteiger partial charge is 0.263 e. The van der Waals surface area contributed by atoms with Crippen LogP contribution in [0.2, 0.25) is 0 Å². The van der Waals surface area contributed by atoms with Crippen LogP contribution >= 0.6 is 23.1 Å². The largest absolute Gasteiger partial charge is 0.385 e. The molecule has 0 aromatic carbocycles. The zero-order valence-corrected chi connectivity index (χ0v) is 21.0. The summed E-state index contributed by atoms with van der Waals surface area (Å²) in [4.78, 5) is 33.4. The molecule has 0 fully saturated rings. The molecule has 0 saturated heterocycles. The molecular weight excluding hydrogens is 442 g/mol. The maximum atomic E-state index is 13.3. The van der Waals surface area contributed by atoms with Crippen molar-refractivity contribution in [1.29, 1.82) is 0 Å². The zero-order valence-electron chi connectivity index (χ0n) is 19.3. The Labute approximate surface area is 197 Å². The second kappa shape index (κ2) is 9.93. The fourth-order valence-electron chi connectivity index (χ4n) is 4.59. The van der Waals surface area contributed by atoms with Gasteiger partial charge in [0.1, 0.15) is 4.83 Å². The number of Topliss-reactive ketones (excluding diaryl/α,β-unsaturated/α-hetero) is 1. The number of aromatic nitrogens is 3. The maximum Gasteiger partial charge on any atom is 0.263 e. The van der Waals surface area contributed by atoms with Crippen molar-refractivity contribution < 1.29 is 9.53 Å². The van der Waals surface area contributed by atoms with Crippen molar-refractivity contribution in [2.45, 2.75) is 71.1 Å². The van der Waals surface area contributed by atoms with E-state index < -0.39 is 0 Å². The topological polar surface area (TPSA) is 66.1 Å². The standard InChI is InChI=1S/C24H31N3O3S2/c1-5-10-27-23(29)21-17-8-6-9-20(17)32-22(21)25-24(27)31-14-19(28)18-13-15(2)26(16(18)3)11-7-12-30-4/h13H,5-12,14H2,1-4H3. The number of hydrogen-bond acceptors (Lipinski definition) is 6. The van der Waals surface area contributed by atoms with Crippen LogP contribution in [0.5, 0.6) is 0 Å². The molecular formula is C24H31N3O3S2. The van der Waals surface area contributed by atoms with Gasteiger partial charge in [-0.2, -0.15) is 0 Å². The van der Waals surface area contributed by atoms with Gasteiger partial charge in [-0.15, -0.1) is 11.3 Å². The number of carbonyl (C=O) groups is 1. The van der Waals surface area contributed by atoms with Gasteiger partial charge in [-0.3, -0.25) is 14.2 Å². The van der Waals surface area contributed by atoms with Crippen molar-refractivity contribution in [1.82, 2.24) is 14.1 Å². The Kier molecular flexibility index (Phi) is 7.22.